The molecule has 0 aliphatic carbocycles. The van der Waals surface area contributed by atoms with Gasteiger partial charge in [-0.3, -0.25) is 4.79 Å². The van der Waals surface area contributed by atoms with Crippen molar-refractivity contribution in [3.05, 3.63) is 71.8 Å². The number of nitrogens with zero attached hydrogens (tertiary/aromatic N) is 2. The highest BCUT2D eigenvalue weighted by Gasteiger charge is 2.49. The van der Waals surface area contributed by atoms with Crippen LogP contribution in [0.1, 0.15) is 29.8 Å². The van der Waals surface area contributed by atoms with E-state index in [0.29, 0.717) is 11.3 Å². The fourth-order valence-electron chi connectivity index (χ4n) is 2.65. The molecule has 0 saturated heterocycles. The first kappa shape index (κ1) is 15.4. The third kappa shape index (κ3) is 2.65. The first-order chi connectivity index (χ1) is 11.0. The van der Waals surface area contributed by atoms with Gasteiger partial charge >= 0.3 is 0 Å². The maximum atomic E-state index is 12.7. The van der Waals surface area contributed by atoms with E-state index >= 15 is 0 Å². The van der Waals surface area contributed by atoms with E-state index in [-0.39, 0.29) is 5.78 Å². The van der Waals surface area contributed by atoms with Crippen molar-refractivity contribution < 1.29 is 14.8 Å². The number of benzene rings is 2. The minimum absolute atomic E-state index is 0.344. The van der Waals surface area contributed by atoms with Crippen LogP contribution in [0.25, 0.3) is 0 Å². The average molecular weight is 310 g/mol. The summed E-state index contributed by atoms with van der Waals surface area (Å²) in [6.45, 7) is 3.30. The van der Waals surface area contributed by atoms with Gasteiger partial charge in [-0.15, -0.1) is 5.06 Å². The molecule has 1 N–H and O–H groups in total. The molecule has 0 bridgehead atoms. The van der Waals surface area contributed by atoms with Crippen LogP contribution in [0.3, 0.4) is 0 Å². The van der Waals surface area contributed by atoms with E-state index in [1.54, 1.807) is 31.2 Å². The summed E-state index contributed by atoms with van der Waals surface area (Å²) in [6.07, 6.45) is 0. The van der Waals surface area contributed by atoms with Crippen molar-refractivity contribution in [2.45, 2.75) is 25.6 Å². The summed E-state index contributed by atoms with van der Waals surface area (Å²) >= 11 is 0. The molecule has 2 unspecified atom stereocenters. The summed E-state index contributed by atoms with van der Waals surface area (Å²) in [6, 6.07) is 17.7. The van der Waals surface area contributed by atoms with E-state index in [1.807, 2.05) is 36.4 Å². The molecule has 1 aliphatic rings. The summed E-state index contributed by atoms with van der Waals surface area (Å²) in [5, 5.41) is 15.6. The molecule has 2 atom stereocenters. The Labute approximate surface area is 134 Å². The normalized spacial score (nSPS) is 24.7. The summed E-state index contributed by atoms with van der Waals surface area (Å²) in [4.78, 5) is 18.2. The molecule has 2 aromatic rings. The van der Waals surface area contributed by atoms with Crippen molar-refractivity contribution in [1.29, 1.82) is 0 Å². The first-order valence-corrected chi connectivity index (χ1v) is 7.43. The molecule has 5 heteroatoms. The van der Waals surface area contributed by atoms with Gasteiger partial charge in [0.1, 0.15) is 5.71 Å². The second-order valence-corrected chi connectivity index (χ2v) is 5.63. The topological polar surface area (TPSA) is 62.1 Å². The highest BCUT2D eigenvalue weighted by molar-refractivity contribution is 6.06. The van der Waals surface area contributed by atoms with Crippen LogP contribution < -0.4 is 0 Å². The fourth-order valence-corrected chi connectivity index (χ4v) is 2.65. The second-order valence-electron chi connectivity index (χ2n) is 5.63. The number of rotatable bonds is 3. The zero-order valence-corrected chi connectivity index (χ0v) is 13.0. The van der Waals surface area contributed by atoms with E-state index in [4.69, 9.17) is 4.84 Å². The van der Waals surface area contributed by atoms with Crippen molar-refractivity contribution in [1.82, 2.24) is 5.06 Å². The molecule has 0 fully saturated rings. The summed E-state index contributed by atoms with van der Waals surface area (Å²) in [7, 11) is 0. The number of oxime groups is 1. The SMILES string of the molecule is CC1C(c2ccccc2)=NOC(C)(C(=O)c2ccccc2)N1O. The summed E-state index contributed by atoms with van der Waals surface area (Å²) in [5.74, 6) is -0.344. The Morgan fingerprint density at radius 2 is 1.70 bits per heavy atom. The molecule has 0 spiro atoms. The predicted octanol–water partition coefficient (Wildman–Crippen LogP) is 3.10. The van der Waals surface area contributed by atoms with Gasteiger partial charge in [0.05, 0.1) is 6.04 Å². The summed E-state index contributed by atoms with van der Waals surface area (Å²) < 4.78 is 0. The standard InChI is InChI=1S/C18H18N2O3/c1-13-16(14-9-5-3-6-10-14)19-23-18(2,20(13)22)17(21)15-11-7-4-8-12-15/h3-13,22H,1-2H3. The lowest BCUT2D eigenvalue weighted by atomic mass is 9.97. The fraction of sp³-hybridized carbons (Fsp3) is 0.222. The number of hydrogen-bond donors (Lipinski definition) is 1. The Kier molecular flexibility index (Phi) is 3.98. The van der Waals surface area contributed by atoms with Gasteiger partial charge in [0.25, 0.3) is 5.72 Å². The Hall–Kier alpha value is -2.50. The van der Waals surface area contributed by atoms with Gasteiger partial charge in [-0.05, 0) is 6.92 Å². The van der Waals surface area contributed by atoms with E-state index in [0.717, 1.165) is 10.6 Å². The van der Waals surface area contributed by atoms with Crippen LogP contribution in [-0.4, -0.2) is 33.5 Å². The lowest BCUT2D eigenvalue weighted by molar-refractivity contribution is -0.266. The number of hydroxylamine groups is 2. The van der Waals surface area contributed by atoms with Gasteiger partial charge in [0.15, 0.2) is 0 Å². The third-order valence-electron chi connectivity index (χ3n) is 4.05. The third-order valence-corrected chi connectivity index (χ3v) is 4.05. The predicted molar refractivity (Wildman–Crippen MR) is 86.3 cm³/mol. The second kappa shape index (κ2) is 5.95. The molecular weight excluding hydrogens is 292 g/mol. The van der Waals surface area contributed by atoms with E-state index < -0.39 is 11.8 Å². The van der Waals surface area contributed by atoms with Crippen molar-refractivity contribution in [3.8, 4) is 0 Å². The van der Waals surface area contributed by atoms with Gasteiger partial charge < -0.3 is 10.0 Å². The molecule has 118 valence electrons. The number of ketones is 1. The number of carbonyl (C=O) groups excluding carboxylic acids is 1. The van der Waals surface area contributed by atoms with E-state index in [2.05, 4.69) is 5.16 Å². The lowest BCUT2D eigenvalue weighted by Gasteiger charge is -2.40. The van der Waals surface area contributed by atoms with Crippen LogP contribution in [0.2, 0.25) is 0 Å². The van der Waals surface area contributed by atoms with Gasteiger partial charge in [-0.25, -0.2) is 0 Å². The van der Waals surface area contributed by atoms with Gasteiger partial charge in [-0.1, -0.05) is 65.8 Å². The highest BCUT2D eigenvalue weighted by Crippen LogP contribution is 2.29. The monoisotopic (exact) mass is 310 g/mol. The molecule has 2 aromatic carbocycles. The van der Waals surface area contributed by atoms with Crippen LogP contribution in [0.5, 0.6) is 0 Å². The Morgan fingerprint density at radius 3 is 2.30 bits per heavy atom. The summed E-state index contributed by atoms with van der Waals surface area (Å²) in [5.41, 5.74) is 0.318. The van der Waals surface area contributed by atoms with Crippen molar-refractivity contribution in [2.75, 3.05) is 0 Å². The van der Waals surface area contributed by atoms with Crippen LogP contribution in [-0.2, 0) is 4.84 Å². The van der Waals surface area contributed by atoms with Crippen molar-refractivity contribution in [3.63, 3.8) is 0 Å². The number of hydrogen-bond acceptors (Lipinski definition) is 5. The minimum atomic E-state index is -1.56. The van der Waals surface area contributed by atoms with Crippen molar-refractivity contribution in [2.24, 2.45) is 5.16 Å². The van der Waals surface area contributed by atoms with Crippen LogP contribution in [0, 0.1) is 0 Å². The minimum Gasteiger partial charge on any atom is -0.362 e. The van der Waals surface area contributed by atoms with Crippen LogP contribution >= 0.6 is 0 Å². The smallest absolute Gasteiger partial charge is 0.272 e. The Bertz CT molecular complexity index is 730. The molecule has 23 heavy (non-hydrogen) atoms. The largest absolute Gasteiger partial charge is 0.362 e. The van der Waals surface area contributed by atoms with Gasteiger partial charge in [-0.2, -0.15) is 0 Å². The van der Waals surface area contributed by atoms with Crippen LogP contribution in [0.4, 0.5) is 0 Å². The first-order valence-electron chi connectivity index (χ1n) is 7.43. The van der Waals surface area contributed by atoms with Crippen molar-refractivity contribution >= 4 is 11.5 Å². The quantitative estimate of drug-likeness (QED) is 0.885. The highest BCUT2D eigenvalue weighted by atomic mass is 16.7. The molecule has 0 radical (unpaired) electrons. The Morgan fingerprint density at radius 1 is 1.13 bits per heavy atom. The molecular formula is C18H18N2O3. The maximum absolute atomic E-state index is 12.7. The maximum Gasteiger partial charge on any atom is 0.272 e. The molecule has 0 saturated carbocycles. The van der Waals surface area contributed by atoms with E-state index in [1.165, 1.54) is 6.92 Å². The molecule has 1 aliphatic heterocycles. The molecule has 3 rings (SSSR count). The number of carbonyl (C=O) groups is 1. The van der Waals surface area contributed by atoms with Crippen LogP contribution in [0.15, 0.2) is 65.8 Å². The molecule has 0 aromatic heterocycles. The zero-order valence-electron chi connectivity index (χ0n) is 13.0. The zero-order chi connectivity index (χ0) is 16.4. The average Bonchev–Trinajstić information content (AvgIpc) is 2.61. The molecule has 5 nitrogen and oxygen atoms in total. The van der Waals surface area contributed by atoms with Gasteiger partial charge in [0.2, 0.25) is 5.78 Å². The van der Waals surface area contributed by atoms with E-state index in [9.17, 15) is 10.0 Å². The Balaban J connectivity index is 1.95. The van der Waals surface area contributed by atoms with Gasteiger partial charge in [0, 0.05) is 18.1 Å². The lowest BCUT2D eigenvalue weighted by Crippen LogP contribution is -2.60. The molecule has 0 amide bonds. The number of Topliss-reactive ketones (excluding diaryl/α,β-unsaturated/α-hetero) is 1. The molecule has 1 heterocycles.